The third-order valence-electron chi connectivity index (χ3n) is 4.20. The molecule has 0 radical (unpaired) electrons. The Bertz CT molecular complexity index is 534. The van der Waals surface area contributed by atoms with Gasteiger partial charge < -0.3 is 10.2 Å². The van der Waals surface area contributed by atoms with Gasteiger partial charge >= 0.3 is 0 Å². The summed E-state index contributed by atoms with van der Waals surface area (Å²) in [5.41, 5.74) is 0.574. The highest BCUT2D eigenvalue weighted by atomic mass is 35.5. The number of aryl methyl sites for hydroxylation is 1. The molecular weight excluding hydrogens is 278 g/mol. The van der Waals surface area contributed by atoms with Crippen LogP contribution in [0.15, 0.2) is 11.0 Å². The van der Waals surface area contributed by atoms with Crippen molar-refractivity contribution in [1.82, 2.24) is 20.0 Å². The number of hydrogen-bond acceptors (Lipinski definition) is 5. The first-order valence-electron chi connectivity index (χ1n) is 7.16. The Morgan fingerprint density at radius 2 is 2.05 bits per heavy atom. The van der Waals surface area contributed by atoms with Gasteiger partial charge in [-0.1, -0.05) is 11.6 Å². The lowest BCUT2D eigenvalue weighted by Gasteiger charge is -2.43. The maximum Gasteiger partial charge on any atom is 0.287 e. The Balaban J connectivity index is 1.71. The van der Waals surface area contributed by atoms with E-state index in [1.807, 2.05) is 6.92 Å². The van der Waals surface area contributed by atoms with Crippen LogP contribution in [-0.2, 0) is 6.54 Å². The standard InChI is InChI=1S/C13H20ClN5O/c1-2-19-13(20)12(14)11(9-16-19)18-5-3-17(4-6-18)10-7-15-8-10/h9-10,15H,2-8H2,1H3. The zero-order chi connectivity index (χ0) is 14.1. The summed E-state index contributed by atoms with van der Waals surface area (Å²) in [5, 5.41) is 7.76. The molecule has 0 aromatic carbocycles. The van der Waals surface area contributed by atoms with Gasteiger partial charge in [0.15, 0.2) is 0 Å². The van der Waals surface area contributed by atoms with Gasteiger partial charge in [-0.15, -0.1) is 0 Å². The van der Waals surface area contributed by atoms with E-state index in [0.29, 0.717) is 17.6 Å². The van der Waals surface area contributed by atoms with E-state index in [9.17, 15) is 4.79 Å². The van der Waals surface area contributed by atoms with E-state index in [1.54, 1.807) is 6.20 Å². The van der Waals surface area contributed by atoms with E-state index in [2.05, 4.69) is 20.2 Å². The number of piperazine rings is 1. The molecule has 0 bridgehead atoms. The van der Waals surface area contributed by atoms with Gasteiger partial charge in [-0.05, 0) is 6.92 Å². The highest BCUT2D eigenvalue weighted by Gasteiger charge is 2.28. The molecule has 0 unspecified atom stereocenters. The molecule has 2 aliphatic rings. The van der Waals surface area contributed by atoms with Gasteiger partial charge in [0.25, 0.3) is 5.56 Å². The summed E-state index contributed by atoms with van der Waals surface area (Å²) in [4.78, 5) is 16.7. The molecule has 0 saturated carbocycles. The molecule has 20 heavy (non-hydrogen) atoms. The molecule has 2 aliphatic heterocycles. The second kappa shape index (κ2) is 5.71. The van der Waals surface area contributed by atoms with Gasteiger partial charge in [0.2, 0.25) is 0 Å². The van der Waals surface area contributed by atoms with Crippen molar-refractivity contribution in [3.8, 4) is 0 Å². The van der Waals surface area contributed by atoms with Crippen LogP contribution in [0.5, 0.6) is 0 Å². The fourth-order valence-corrected chi connectivity index (χ4v) is 3.03. The van der Waals surface area contributed by atoms with E-state index in [-0.39, 0.29) is 5.56 Å². The Hall–Kier alpha value is -1.11. The molecule has 1 aromatic rings. The third kappa shape index (κ3) is 2.43. The first kappa shape index (κ1) is 13.9. The molecule has 0 spiro atoms. The Morgan fingerprint density at radius 3 is 2.60 bits per heavy atom. The van der Waals surface area contributed by atoms with Crippen molar-refractivity contribution < 1.29 is 0 Å². The maximum absolute atomic E-state index is 12.0. The number of rotatable bonds is 3. The average molecular weight is 298 g/mol. The molecule has 110 valence electrons. The molecule has 0 amide bonds. The van der Waals surface area contributed by atoms with E-state index >= 15 is 0 Å². The molecule has 0 atom stereocenters. The largest absolute Gasteiger partial charge is 0.366 e. The summed E-state index contributed by atoms with van der Waals surface area (Å²) >= 11 is 6.21. The van der Waals surface area contributed by atoms with Crippen LogP contribution in [0.25, 0.3) is 0 Å². The minimum absolute atomic E-state index is 0.197. The van der Waals surface area contributed by atoms with Crippen molar-refractivity contribution in [2.45, 2.75) is 19.5 Å². The van der Waals surface area contributed by atoms with Crippen molar-refractivity contribution >= 4 is 17.3 Å². The highest BCUT2D eigenvalue weighted by Crippen LogP contribution is 2.23. The zero-order valence-electron chi connectivity index (χ0n) is 11.7. The molecule has 3 rings (SSSR count). The maximum atomic E-state index is 12.0. The number of hydrogen-bond donors (Lipinski definition) is 1. The van der Waals surface area contributed by atoms with Crippen molar-refractivity contribution in [2.75, 3.05) is 44.2 Å². The fourth-order valence-electron chi connectivity index (χ4n) is 2.76. The van der Waals surface area contributed by atoms with Crippen LogP contribution in [0.4, 0.5) is 5.69 Å². The van der Waals surface area contributed by atoms with Crippen LogP contribution in [0.1, 0.15) is 6.92 Å². The summed E-state index contributed by atoms with van der Waals surface area (Å²) in [6.07, 6.45) is 1.72. The van der Waals surface area contributed by atoms with Crippen LogP contribution in [0.2, 0.25) is 5.02 Å². The zero-order valence-corrected chi connectivity index (χ0v) is 12.4. The summed E-state index contributed by atoms with van der Waals surface area (Å²) in [5.74, 6) is 0. The minimum atomic E-state index is -0.197. The average Bonchev–Trinajstić information content (AvgIpc) is 2.41. The number of nitrogens with zero attached hydrogens (tertiary/aromatic N) is 4. The number of halogens is 1. The molecule has 7 heteroatoms. The van der Waals surface area contributed by atoms with E-state index < -0.39 is 0 Å². The number of nitrogens with one attached hydrogen (secondary N) is 1. The lowest BCUT2D eigenvalue weighted by molar-refractivity contribution is 0.138. The SMILES string of the molecule is CCn1ncc(N2CCN(C3CNC3)CC2)c(Cl)c1=O. The molecule has 3 heterocycles. The van der Waals surface area contributed by atoms with Crippen LogP contribution in [0.3, 0.4) is 0 Å². The summed E-state index contributed by atoms with van der Waals surface area (Å²) in [7, 11) is 0. The summed E-state index contributed by atoms with van der Waals surface area (Å²) in [6.45, 7) is 8.43. The summed E-state index contributed by atoms with van der Waals surface area (Å²) in [6, 6.07) is 0.679. The molecule has 0 aliphatic carbocycles. The van der Waals surface area contributed by atoms with Gasteiger partial charge in [0.1, 0.15) is 5.02 Å². The van der Waals surface area contributed by atoms with E-state index in [4.69, 9.17) is 11.6 Å². The van der Waals surface area contributed by atoms with Crippen LogP contribution in [-0.4, -0.2) is 60.0 Å². The molecule has 2 saturated heterocycles. The lowest BCUT2D eigenvalue weighted by Crippen LogP contribution is -2.61. The quantitative estimate of drug-likeness (QED) is 0.852. The van der Waals surface area contributed by atoms with Crippen molar-refractivity contribution in [1.29, 1.82) is 0 Å². The van der Waals surface area contributed by atoms with Crippen molar-refractivity contribution in [3.05, 3.63) is 21.6 Å². The minimum Gasteiger partial charge on any atom is -0.366 e. The van der Waals surface area contributed by atoms with Gasteiger partial charge in [0.05, 0.1) is 11.9 Å². The molecule has 1 N–H and O–H groups in total. The molecule has 6 nitrogen and oxygen atoms in total. The van der Waals surface area contributed by atoms with Gasteiger partial charge in [0, 0.05) is 51.9 Å². The van der Waals surface area contributed by atoms with Gasteiger partial charge in [-0.2, -0.15) is 5.10 Å². The normalized spacial score (nSPS) is 21.0. The topological polar surface area (TPSA) is 53.4 Å². The Morgan fingerprint density at radius 1 is 1.35 bits per heavy atom. The first-order chi connectivity index (χ1) is 9.70. The molecular formula is C13H20ClN5O. The number of aromatic nitrogens is 2. The van der Waals surface area contributed by atoms with Crippen LogP contribution >= 0.6 is 11.6 Å². The van der Waals surface area contributed by atoms with Crippen LogP contribution in [0, 0.1) is 0 Å². The molecule has 2 fully saturated rings. The van der Waals surface area contributed by atoms with E-state index in [0.717, 1.165) is 45.0 Å². The molecule has 1 aromatic heterocycles. The second-order valence-corrected chi connectivity index (χ2v) is 5.68. The predicted octanol–water partition coefficient (Wildman–Crippen LogP) is 0.0104. The van der Waals surface area contributed by atoms with E-state index in [1.165, 1.54) is 4.68 Å². The first-order valence-corrected chi connectivity index (χ1v) is 7.54. The van der Waals surface area contributed by atoms with Crippen LogP contribution < -0.4 is 15.8 Å². The Labute approximate surface area is 123 Å². The Kier molecular flexibility index (Phi) is 3.96. The summed E-state index contributed by atoms with van der Waals surface area (Å²) < 4.78 is 1.39. The van der Waals surface area contributed by atoms with Gasteiger partial charge in [-0.3, -0.25) is 9.69 Å². The fraction of sp³-hybridized carbons (Fsp3) is 0.692. The third-order valence-corrected chi connectivity index (χ3v) is 4.55. The van der Waals surface area contributed by atoms with Crippen molar-refractivity contribution in [2.24, 2.45) is 0 Å². The van der Waals surface area contributed by atoms with Gasteiger partial charge in [-0.25, -0.2) is 4.68 Å². The monoisotopic (exact) mass is 297 g/mol. The highest BCUT2D eigenvalue weighted by molar-refractivity contribution is 6.33. The smallest absolute Gasteiger partial charge is 0.287 e. The predicted molar refractivity (Wildman–Crippen MR) is 79.6 cm³/mol. The number of anilines is 1. The second-order valence-electron chi connectivity index (χ2n) is 5.30. The lowest BCUT2D eigenvalue weighted by atomic mass is 10.1. The van der Waals surface area contributed by atoms with Crippen molar-refractivity contribution in [3.63, 3.8) is 0 Å².